The van der Waals surface area contributed by atoms with Crippen LogP contribution in [-0.2, 0) is 11.3 Å². The highest BCUT2D eigenvalue weighted by molar-refractivity contribution is 5.96. The third kappa shape index (κ3) is 5.00. The maximum absolute atomic E-state index is 12.0. The highest BCUT2D eigenvalue weighted by Crippen LogP contribution is 2.06. The number of rotatable bonds is 5. The summed E-state index contributed by atoms with van der Waals surface area (Å²) in [4.78, 5) is 12.0. The molecule has 1 aromatic rings. The molecule has 0 fully saturated rings. The second kappa shape index (κ2) is 7.41. The van der Waals surface area contributed by atoms with Crippen molar-refractivity contribution in [2.45, 2.75) is 33.7 Å². The molecule has 3 heteroatoms. The summed E-state index contributed by atoms with van der Waals surface area (Å²) in [5.74, 6) is -0.133. The molecule has 1 aromatic carbocycles. The lowest BCUT2D eigenvalue weighted by Crippen LogP contribution is -2.25. The molecule has 0 heterocycles. The van der Waals surface area contributed by atoms with E-state index in [1.54, 1.807) is 13.0 Å². The summed E-state index contributed by atoms with van der Waals surface area (Å²) in [5, 5.41) is 2.89. The molecule has 0 aliphatic carbocycles. The summed E-state index contributed by atoms with van der Waals surface area (Å²) in [6.45, 7) is 6.30. The van der Waals surface area contributed by atoms with Crippen LogP contribution < -0.4 is 11.1 Å². The van der Waals surface area contributed by atoms with Gasteiger partial charge in [0.2, 0.25) is 0 Å². The average molecular weight is 258 g/mol. The van der Waals surface area contributed by atoms with E-state index < -0.39 is 0 Å². The maximum Gasteiger partial charge on any atom is 0.253 e. The Labute approximate surface area is 115 Å². The van der Waals surface area contributed by atoms with Crippen LogP contribution in [0, 0.1) is 6.92 Å². The van der Waals surface area contributed by atoms with Gasteiger partial charge in [0.1, 0.15) is 0 Å². The fourth-order valence-corrected chi connectivity index (χ4v) is 1.72. The van der Waals surface area contributed by atoms with E-state index in [0.717, 1.165) is 12.0 Å². The Balaban J connectivity index is 2.69. The molecular formula is C16H22N2O. The zero-order valence-electron chi connectivity index (χ0n) is 11.9. The molecule has 0 aliphatic heterocycles. The normalized spacial score (nSPS) is 12.4. The molecule has 0 spiro atoms. The van der Waals surface area contributed by atoms with Gasteiger partial charge >= 0.3 is 0 Å². The number of nitrogens with one attached hydrogen (secondary N) is 1. The summed E-state index contributed by atoms with van der Waals surface area (Å²) in [7, 11) is 0. The molecule has 3 N–H and O–H groups in total. The lowest BCUT2D eigenvalue weighted by molar-refractivity contribution is -0.117. The number of allylic oxidation sites excluding steroid dienone is 2. The fraction of sp³-hybridized carbons (Fsp3) is 0.312. The van der Waals surface area contributed by atoms with Gasteiger partial charge in [-0.2, -0.15) is 0 Å². The van der Waals surface area contributed by atoms with Crippen LogP contribution in [-0.4, -0.2) is 5.91 Å². The average Bonchev–Trinajstić information content (AvgIpc) is 2.36. The van der Waals surface area contributed by atoms with E-state index in [9.17, 15) is 4.79 Å². The number of benzene rings is 1. The molecule has 0 atom stereocenters. The quantitative estimate of drug-likeness (QED) is 0.630. The van der Waals surface area contributed by atoms with Crippen molar-refractivity contribution >= 4 is 5.91 Å². The molecule has 1 amide bonds. The van der Waals surface area contributed by atoms with Crippen molar-refractivity contribution < 1.29 is 4.79 Å². The van der Waals surface area contributed by atoms with Crippen molar-refractivity contribution in [2.75, 3.05) is 0 Å². The Kier molecular flexibility index (Phi) is 5.86. The molecule has 102 valence electrons. The first-order valence-corrected chi connectivity index (χ1v) is 6.51. The lowest BCUT2D eigenvalue weighted by Gasteiger charge is -2.08. The van der Waals surface area contributed by atoms with Crippen molar-refractivity contribution in [2.24, 2.45) is 5.73 Å². The van der Waals surface area contributed by atoms with E-state index in [1.165, 1.54) is 5.56 Å². The van der Waals surface area contributed by atoms with Gasteiger partial charge in [-0.1, -0.05) is 48.9 Å². The monoisotopic (exact) mass is 258 g/mol. The molecule has 0 unspecified atom stereocenters. The van der Waals surface area contributed by atoms with Crippen LogP contribution >= 0.6 is 0 Å². The van der Waals surface area contributed by atoms with Gasteiger partial charge in [-0.05, 0) is 25.8 Å². The summed E-state index contributed by atoms with van der Waals surface area (Å²) in [5.41, 5.74) is 9.08. The highest BCUT2D eigenvalue weighted by atomic mass is 16.1. The van der Waals surface area contributed by atoms with Crippen LogP contribution in [0.25, 0.3) is 0 Å². The smallest absolute Gasteiger partial charge is 0.253 e. The molecule has 0 radical (unpaired) electrons. The first kappa shape index (κ1) is 15.0. The first-order valence-electron chi connectivity index (χ1n) is 6.51. The number of hydrogen-bond acceptors (Lipinski definition) is 2. The van der Waals surface area contributed by atoms with Crippen molar-refractivity contribution in [3.63, 3.8) is 0 Å². The van der Waals surface area contributed by atoms with Gasteiger partial charge in [-0.15, -0.1) is 0 Å². The number of aryl methyl sites for hydroxylation is 1. The van der Waals surface area contributed by atoms with Crippen molar-refractivity contribution in [1.82, 2.24) is 5.32 Å². The molecule has 0 bridgehead atoms. The molecule has 19 heavy (non-hydrogen) atoms. The largest absolute Gasteiger partial charge is 0.402 e. The zero-order valence-corrected chi connectivity index (χ0v) is 11.9. The van der Waals surface area contributed by atoms with Crippen LogP contribution in [0.2, 0.25) is 0 Å². The fourth-order valence-electron chi connectivity index (χ4n) is 1.72. The van der Waals surface area contributed by atoms with Gasteiger partial charge in [-0.3, -0.25) is 4.79 Å². The molecule has 3 nitrogen and oxygen atoms in total. The SMILES string of the molecule is CC/C=C\C(C(=O)NCc1cccc(C)c1)=C(/C)N. The van der Waals surface area contributed by atoms with Gasteiger partial charge in [-0.25, -0.2) is 0 Å². The summed E-state index contributed by atoms with van der Waals surface area (Å²) >= 11 is 0. The van der Waals surface area contributed by atoms with Gasteiger partial charge in [0.05, 0.1) is 5.57 Å². The minimum Gasteiger partial charge on any atom is -0.402 e. The van der Waals surface area contributed by atoms with Crippen molar-refractivity contribution in [3.05, 3.63) is 58.8 Å². The maximum atomic E-state index is 12.0. The first-order chi connectivity index (χ1) is 9.04. The van der Waals surface area contributed by atoms with Crippen molar-refractivity contribution in [3.8, 4) is 0 Å². The summed E-state index contributed by atoms with van der Waals surface area (Å²) in [6, 6.07) is 8.07. The summed E-state index contributed by atoms with van der Waals surface area (Å²) < 4.78 is 0. The number of hydrogen-bond donors (Lipinski definition) is 2. The van der Waals surface area contributed by atoms with Gasteiger partial charge in [0.15, 0.2) is 0 Å². The Hall–Kier alpha value is -2.03. The van der Waals surface area contributed by atoms with E-state index in [0.29, 0.717) is 17.8 Å². The summed E-state index contributed by atoms with van der Waals surface area (Å²) in [6.07, 6.45) is 4.58. The Bertz CT molecular complexity index is 497. The molecule has 0 aromatic heterocycles. The highest BCUT2D eigenvalue weighted by Gasteiger charge is 2.08. The van der Waals surface area contributed by atoms with Crippen LogP contribution in [0.3, 0.4) is 0 Å². The predicted molar refractivity (Wildman–Crippen MR) is 79.3 cm³/mol. The van der Waals surface area contributed by atoms with Crippen LogP contribution in [0.1, 0.15) is 31.4 Å². The van der Waals surface area contributed by atoms with Crippen LogP contribution in [0.4, 0.5) is 0 Å². The second-order valence-electron chi connectivity index (χ2n) is 4.58. The zero-order chi connectivity index (χ0) is 14.3. The van der Waals surface area contributed by atoms with Crippen LogP contribution in [0.5, 0.6) is 0 Å². The molecular weight excluding hydrogens is 236 g/mol. The van der Waals surface area contributed by atoms with E-state index in [-0.39, 0.29) is 5.91 Å². The number of amides is 1. The number of nitrogens with two attached hydrogens (primary N) is 1. The van der Waals surface area contributed by atoms with Crippen LogP contribution in [0.15, 0.2) is 47.7 Å². The Morgan fingerprint density at radius 3 is 2.74 bits per heavy atom. The Morgan fingerprint density at radius 1 is 1.42 bits per heavy atom. The predicted octanol–water partition coefficient (Wildman–Crippen LogP) is 2.81. The number of carbonyl (C=O) groups excluding carboxylic acids is 1. The van der Waals surface area contributed by atoms with Crippen molar-refractivity contribution in [1.29, 1.82) is 0 Å². The van der Waals surface area contributed by atoms with E-state index in [2.05, 4.69) is 11.4 Å². The minimum atomic E-state index is -0.133. The van der Waals surface area contributed by atoms with E-state index in [1.807, 2.05) is 38.1 Å². The van der Waals surface area contributed by atoms with E-state index in [4.69, 9.17) is 5.73 Å². The third-order valence-corrected chi connectivity index (χ3v) is 2.73. The molecule has 0 saturated carbocycles. The second-order valence-corrected chi connectivity index (χ2v) is 4.58. The molecule has 0 aliphatic rings. The lowest BCUT2D eigenvalue weighted by atomic mass is 10.1. The topological polar surface area (TPSA) is 55.1 Å². The van der Waals surface area contributed by atoms with Gasteiger partial charge in [0.25, 0.3) is 5.91 Å². The Morgan fingerprint density at radius 2 is 2.16 bits per heavy atom. The minimum absolute atomic E-state index is 0.133. The standard InChI is InChI=1S/C16H22N2O/c1-4-5-9-15(13(3)17)16(19)18-11-14-8-6-7-12(2)10-14/h5-10H,4,11,17H2,1-3H3,(H,18,19)/b9-5-,15-13-. The van der Waals surface area contributed by atoms with E-state index >= 15 is 0 Å². The van der Waals surface area contributed by atoms with Gasteiger partial charge < -0.3 is 11.1 Å². The molecule has 0 saturated heterocycles. The molecule has 1 rings (SSSR count). The number of carbonyl (C=O) groups is 1. The third-order valence-electron chi connectivity index (χ3n) is 2.73. The van der Waals surface area contributed by atoms with Gasteiger partial charge in [0, 0.05) is 12.2 Å².